The molecule has 0 radical (unpaired) electrons. The van der Waals surface area contributed by atoms with Gasteiger partial charge in [-0.15, -0.1) is 5.10 Å². The summed E-state index contributed by atoms with van der Waals surface area (Å²) in [6, 6.07) is 10.1. The molecule has 3 aromatic rings. The highest BCUT2D eigenvalue weighted by Gasteiger charge is 2.21. The van der Waals surface area contributed by atoms with E-state index in [1.165, 1.54) is 4.52 Å². The summed E-state index contributed by atoms with van der Waals surface area (Å²) in [4.78, 5) is 18.8. The van der Waals surface area contributed by atoms with Crippen LogP contribution in [0.25, 0.3) is 17.0 Å². The molecule has 1 saturated heterocycles. The number of carbonyl (C=O) groups excluding carboxylic acids is 1. The molecule has 2 aromatic heterocycles. The van der Waals surface area contributed by atoms with Crippen LogP contribution >= 0.6 is 0 Å². The second kappa shape index (κ2) is 5.52. The van der Waals surface area contributed by atoms with E-state index in [9.17, 15) is 9.90 Å². The van der Waals surface area contributed by atoms with Gasteiger partial charge in [0.1, 0.15) is 11.6 Å². The number of anilines is 1. The summed E-state index contributed by atoms with van der Waals surface area (Å²) in [5.41, 5.74) is 7.57. The molecule has 0 spiro atoms. The molecule has 1 amide bonds. The average molecular weight is 323 g/mol. The maximum Gasteiger partial charge on any atom is 0.254 e. The van der Waals surface area contributed by atoms with E-state index >= 15 is 0 Å². The molecule has 1 aliphatic heterocycles. The highest BCUT2D eigenvalue weighted by Crippen LogP contribution is 2.27. The fourth-order valence-corrected chi connectivity index (χ4v) is 3.01. The molecule has 122 valence electrons. The summed E-state index contributed by atoms with van der Waals surface area (Å²) in [5.74, 6) is 0.768. The van der Waals surface area contributed by atoms with Gasteiger partial charge < -0.3 is 15.7 Å². The quantitative estimate of drug-likeness (QED) is 0.751. The fraction of sp³-hybridized carbons (Fsp3) is 0.235. The molecule has 3 N–H and O–H groups in total. The highest BCUT2D eigenvalue weighted by molar-refractivity contribution is 5.96. The Morgan fingerprint density at radius 3 is 2.67 bits per heavy atom. The number of phenols is 1. The van der Waals surface area contributed by atoms with E-state index in [0.717, 1.165) is 25.9 Å². The smallest absolute Gasteiger partial charge is 0.254 e. The van der Waals surface area contributed by atoms with Crippen molar-refractivity contribution in [2.24, 2.45) is 0 Å². The first-order chi connectivity index (χ1) is 11.6. The summed E-state index contributed by atoms with van der Waals surface area (Å²) in [6.07, 6.45) is 2.07. The number of nitrogen functional groups attached to an aromatic ring is 1. The number of phenolic OH excluding ortho intramolecular Hbond substituents is 1. The molecule has 0 unspecified atom stereocenters. The first-order valence-corrected chi connectivity index (χ1v) is 7.87. The lowest BCUT2D eigenvalue weighted by Crippen LogP contribution is -2.27. The van der Waals surface area contributed by atoms with Crippen LogP contribution in [0.4, 0.5) is 5.82 Å². The molecule has 1 aliphatic rings. The second-order valence-electron chi connectivity index (χ2n) is 5.89. The maximum atomic E-state index is 12.5. The number of hydrogen-bond donors (Lipinski definition) is 2. The van der Waals surface area contributed by atoms with Crippen molar-refractivity contribution < 1.29 is 9.90 Å². The number of aromatic hydroxyl groups is 1. The van der Waals surface area contributed by atoms with Gasteiger partial charge >= 0.3 is 0 Å². The lowest BCUT2D eigenvalue weighted by molar-refractivity contribution is 0.0793. The van der Waals surface area contributed by atoms with Crippen molar-refractivity contribution >= 4 is 17.4 Å². The summed E-state index contributed by atoms with van der Waals surface area (Å²) in [6.45, 7) is 1.56. The van der Waals surface area contributed by atoms with E-state index in [2.05, 4.69) is 10.1 Å². The van der Waals surface area contributed by atoms with Crippen molar-refractivity contribution in [3.63, 3.8) is 0 Å². The Kier molecular flexibility index (Phi) is 3.34. The number of amides is 1. The van der Waals surface area contributed by atoms with Crippen LogP contribution in [0, 0.1) is 0 Å². The number of rotatable bonds is 2. The number of pyridine rings is 1. The number of aromatic nitrogens is 3. The van der Waals surface area contributed by atoms with Gasteiger partial charge in [0.2, 0.25) is 0 Å². The summed E-state index contributed by atoms with van der Waals surface area (Å²) in [7, 11) is 0. The van der Waals surface area contributed by atoms with Crippen molar-refractivity contribution in [2.75, 3.05) is 18.8 Å². The fourth-order valence-electron chi connectivity index (χ4n) is 3.01. The van der Waals surface area contributed by atoms with Crippen LogP contribution in [-0.4, -0.2) is 43.6 Å². The van der Waals surface area contributed by atoms with Crippen molar-refractivity contribution in [1.82, 2.24) is 19.5 Å². The lowest BCUT2D eigenvalue weighted by Gasteiger charge is -2.15. The van der Waals surface area contributed by atoms with Crippen LogP contribution in [0.1, 0.15) is 23.2 Å². The molecule has 0 atom stereocenters. The molecular weight excluding hydrogens is 306 g/mol. The Morgan fingerprint density at radius 1 is 1.17 bits per heavy atom. The topological polar surface area (TPSA) is 96.8 Å². The Labute approximate surface area is 138 Å². The monoisotopic (exact) mass is 323 g/mol. The zero-order chi connectivity index (χ0) is 16.7. The van der Waals surface area contributed by atoms with Gasteiger partial charge in [0.25, 0.3) is 5.91 Å². The number of nitrogens with two attached hydrogens (primary N) is 1. The number of nitrogens with zero attached hydrogens (tertiary/aromatic N) is 4. The molecule has 3 heterocycles. The summed E-state index contributed by atoms with van der Waals surface area (Å²) in [5, 5.41) is 14.3. The summed E-state index contributed by atoms with van der Waals surface area (Å²) < 4.78 is 1.47. The molecular formula is C17H17N5O2. The molecule has 7 heteroatoms. The predicted molar refractivity (Wildman–Crippen MR) is 89.6 cm³/mol. The van der Waals surface area contributed by atoms with Crippen LogP contribution < -0.4 is 5.73 Å². The van der Waals surface area contributed by atoms with Crippen LogP contribution in [0.3, 0.4) is 0 Å². The van der Waals surface area contributed by atoms with Gasteiger partial charge in [-0.1, -0.05) is 12.1 Å². The van der Waals surface area contributed by atoms with E-state index < -0.39 is 0 Å². The third-order valence-electron chi connectivity index (χ3n) is 4.25. The first kappa shape index (κ1) is 14.5. The third-order valence-corrected chi connectivity index (χ3v) is 4.25. The van der Waals surface area contributed by atoms with Crippen molar-refractivity contribution in [1.29, 1.82) is 0 Å². The lowest BCUT2D eigenvalue weighted by atomic mass is 10.2. The Bertz CT molecular complexity index is 928. The van der Waals surface area contributed by atoms with Gasteiger partial charge in [0.15, 0.2) is 11.5 Å². The van der Waals surface area contributed by atoms with E-state index in [1.54, 1.807) is 36.4 Å². The van der Waals surface area contributed by atoms with Crippen LogP contribution in [0.2, 0.25) is 0 Å². The largest absolute Gasteiger partial charge is 0.507 e. The van der Waals surface area contributed by atoms with Crippen LogP contribution in [0.15, 0.2) is 36.4 Å². The predicted octanol–water partition coefficient (Wildman–Crippen LogP) is 1.92. The molecule has 0 saturated carbocycles. The number of carbonyl (C=O) groups is 1. The second-order valence-corrected chi connectivity index (χ2v) is 5.89. The molecule has 24 heavy (non-hydrogen) atoms. The minimum absolute atomic E-state index is 0.0335. The zero-order valence-electron chi connectivity index (χ0n) is 13.0. The first-order valence-electron chi connectivity index (χ1n) is 7.87. The zero-order valence-corrected chi connectivity index (χ0v) is 13.0. The Morgan fingerprint density at radius 2 is 1.92 bits per heavy atom. The minimum atomic E-state index is -0.0335. The molecule has 0 bridgehead atoms. The van der Waals surface area contributed by atoms with Gasteiger partial charge in [-0.2, -0.15) is 4.52 Å². The molecule has 1 fully saturated rings. The van der Waals surface area contributed by atoms with E-state index in [-0.39, 0.29) is 11.7 Å². The standard InChI is InChI=1S/C17H17N5O2/c18-14-9-11(17(24)21-7-3-4-8-21)10-15-19-16(20-22(14)15)12-5-1-2-6-13(12)23/h1-2,5-6,9-10,23H,3-4,7-8,18H2. The molecule has 4 rings (SSSR count). The van der Waals surface area contributed by atoms with Crippen LogP contribution in [-0.2, 0) is 0 Å². The van der Waals surface area contributed by atoms with Gasteiger partial charge in [0, 0.05) is 18.7 Å². The number of benzene rings is 1. The SMILES string of the molecule is Nc1cc(C(=O)N2CCCC2)cc2nc(-c3ccccc3O)nn12. The van der Waals surface area contributed by atoms with Crippen molar-refractivity contribution in [2.45, 2.75) is 12.8 Å². The van der Waals surface area contributed by atoms with E-state index in [1.807, 2.05) is 4.90 Å². The summed E-state index contributed by atoms with van der Waals surface area (Å²) >= 11 is 0. The van der Waals surface area contributed by atoms with Gasteiger partial charge in [-0.05, 0) is 37.1 Å². The highest BCUT2D eigenvalue weighted by atomic mass is 16.3. The number of para-hydroxylation sites is 1. The number of likely N-dealkylation sites (tertiary alicyclic amines) is 1. The van der Waals surface area contributed by atoms with E-state index in [0.29, 0.717) is 28.4 Å². The van der Waals surface area contributed by atoms with E-state index in [4.69, 9.17) is 5.73 Å². The molecule has 1 aromatic carbocycles. The maximum absolute atomic E-state index is 12.5. The van der Waals surface area contributed by atoms with Crippen molar-refractivity contribution in [3.8, 4) is 17.1 Å². The minimum Gasteiger partial charge on any atom is -0.507 e. The normalized spacial score (nSPS) is 14.4. The van der Waals surface area contributed by atoms with Crippen LogP contribution in [0.5, 0.6) is 5.75 Å². The van der Waals surface area contributed by atoms with Crippen molar-refractivity contribution in [3.05, 3.63) is 42.0 Å². The van der Waals surface area contributed by atoms with Gasteiger partial charge in [-0.3, -0.25) is 4.79 Å². The molecule has 0 aliphatic carbocycles. The third kappa shape index (κ3) is 2.34. The van der Waals surface area contributed by atoms with Gasteiger partial charge in [0.05, 0.1) is 5.56 Å². The Hall–Kier alpha value is -3.09. The number of fused-ring (bicyclic) bond motifs is 1. The number of hydrogen-bond acceptors (Lipinski definition) is 5. The Balaban J connectivity index is 1.78. The molecule has 7 nitrogen and oxygen atoms in total. The average Bonchev–Trinajstić information content (AvgIpc) is 3.24. The van der Waals surface area contributed by atoms with Gasteiger partial charge in [-0.25, -0.2) is 4.98 Å².